The SMILES string of the molecule is C/N=C(\N(C)C)N(C)C(=N)N. The molecule has 0 aromatic rings. The Labute approximate surface area is 67.0 Å². The van der Waals surface area contributed by atoms with Crippen LogP contribution in [0.15, 0.2) is 4.99 Å². The first-order chi connectivity index (χ1) is 5.00. The monoisotopic (exact) mass is 157 g/mol. The molecule has 0 saturated carbocycles. The van der Waals surface area contributed by atoms with Crippen LogP contribution >= 0.6 is 0 Å². The van der Waals surface area contributed by atoms with Crippen molar-refractivity contribution in [2.45, 2.75) is 0 Å². The number of nitrogens with zero attached hydrogens (tertiary/aromatic N) is 3. The molecule has 64 valence electrons. The Hall–Kier alpha value is -1.26. The molecular formula is C6H15N5. The van der Waals surface area contributed by atoms with Gasteiger partial charge in [-0.05, 0) is 0 Å². The minimum Gasteiger partial charge on any atom is -0.370 e. The van der Waals surface area contributed by atoms with Crippen LogP contribution in [0.25, 0.3) is 0 Å². The van der Waals surface area contributed by atoms with Crippen LogP contribution in [0.2, 0.25) is 0 Å². The van der Waals surface area contributed by atoms with Gasteiger partial charge in [0.1, 0.15) is 0 Å². The van der Waals surface area contributed by atoms with E-state index >= 15 is 0 Å². The van der Waals surface area contributed by atoms with Crippen molar-refractivity contribution in [1.29, 1.82) is 5.41 Å². The molecule has 0 fully saturated rings. The number of hydrogen-bond donors (Lipinski definition) is 2. The largest absolute Gasteiger partial charge is 0.370 e. The number of rotatable bonds is 0. The van der Waals surface area contributed by atoms with Crippen molar-refractivity contribution >= 4 is 11.9 Å². The standard InChI is InChI=1S/C6H15N5/c1-9-6(10(2)3)11(4)5(7)8/h1-4H3,(H3,7,8)/b9-6+. The highest BCUT2D eigenvalue weighted by atomic mass is 15.4. The van der Waals surface area contributed by atoms with Gasteiger partial charge in [0.25, 0.3) is 0 Å². The second kappa shape index (κ2) is 3.80. The first-order valence-corrected chi connectivity index (χ1v) is 3.22. The highest BCUT2D eigenvalue weighted by molar-refractivity contribution is 5.95. The number of hydrogen-bond acceptors (Lipinski definition) is 2. The first-order valence-electron chi connectivity index (χ1n) is 3.22. The Kier molecular flexibility index (Phi) is 3.36. The highest BCUT2D eigenvalue weighted by Crippen LogP contribution is 1.88. The maximum absolute atomic E-state index is 7.12. The molecule has 0 amide bonds. The van der Waals surface area contributed by atoms with Crippen molar-refractivity contribution in [2.24, 2.45) is 10.7 Å². The van der Waals surface area contributed by atoms with Gasteiger partial charge in [0, 0.05) is 28.2 Å². The van der Waals surface area contributed by atoms with E-state index in [1.54, 1.807) is 19.0 Å². The molecular weight excluding hydrogens is 142 g/mol. The van der Waals surface area contributed by atoms with Gasteiger partial charge in [0.05, 0.1) is 0 Å². The van der Waals surface area contributed by atoms with E-state index in [-0.39, 0.29) is 5.96 Å². The zero-order valence-electron chi connectivity index (χ0n) is 7.42. The van der Waals surface area contributed by atoms with Crippen LogP contribution in [0.5, 0.6) is 0 Å². The van der Waals surface area contributed by atoms with Gasteiger partial charge in [0.2, 0.25) is 5.96 Å². The van der Waals surface area contributed by atoms with Crippen molar-refractivity contribution < 1.29 is 0 Å². The molecule has 0 spiro atoms. The molecule has 0 aliphatic heterocycles. The Morgan fingerprint density at radius 3 is 1.91 bits per heavy atom. The molecule has 3 N–H and O–H groups in total. The number of nitrogens with one attached hydrogen (secondary N) is 1. The molecule has 11 heavy (non-hydrogen) atoms. The molecule has 0 aromatic heterocycles. The van der Waals surface area contributed by atoms with E-state index in [9.17, 15) is 0 Å². The molecule has 0 atom stereocenters. The molecule has 0 heterocycles. The van der Waals surface area contributed by atoms with Crippen LogP contribution in [0.1, 0.15) is 0 Å². The van der Waals surface area contributed by atoms with Crippen molar-refractivity contribution in [3.63, 3.8) is 0 Å². The first kappa shape index (κ1) is 9.74. The number of guanidine groups is 2. The summed E-state index contributed by atoms with van der Waals surface area (Å²) < 4.78 is 0. The molecule has 0 aliphatic rings. The summed E-state index contributed by atoms with van der Waals surface area (Å²) in [5, 5.41) is 7.12. The Bertz CT molecular complexity index is 172. The molecule has 0 saturated heterocycles. The van der Waals surface area contributed by atoms with Crippen molar-refractivity contribution in [1.82, 2.24) is 9.80 Å². The van der Waals surface area contributed by atoms with E-state index < -0.39 is 0 Å². The van der Waals surface area contributed by atoms with Gasteiger partial charge in [-0.2, -0.15) is 0 Å². The van der Waals surface area contributed by atoms with E-state index in [4.69, 9.17) is 11.1 Å². The predicted octanol–water partition coefficient (Wildman–Crippen LogP) is -0.641. The fraction of sp³-hybridized carbons (Fsp3) is 0.667. The zero-order valence-corrected chi connectivity index (χ0v) is 7.42. The Balaban J connectivity index is 4.41. The average Bonchev–Trinajstić information content (AvgIpc) is 1.88. The van der Waals surface area contributed by atoms with Crippen molar-refractivity contribution in [3.8, 4) is 0 Å². The van der Waals surface area contributed by atoms with E-state index in [1.165, 1.54) is 4.90 Å². The number of nitrogens with two attached hydrogens (primary N) is 1. The van der Waals surface area contributed by atoms with Crippen molar-refractivity contribution in [3.05, 3.63) is 0 Å². The third kappa shape index (κ3) is 2.45. The smallest absolute Gasteiger partial charge is 0.202 e. The molecule has 0 rings (SSSR count). The summed E-state index contributed by atoms with van der Waals surface area (Å²) in [4.78, 5) is 7.25. The quantitative estimate of drug-likeness (QED) is 0.363. The third-order valence-electron chi connectivity index (χ3n) is 1.26. The highest BCUT2D eigenvalue weighted by Gasteiger charge is 2.08. The second-order valence-corrected chi connectivity index (χ2v) is 2.36. The van der Waals surface area contributed by atoms with Crippen LogP contribution in [0.4, 0.5) is 0 Å². The number of aliphatic imine (C=N–C) groups is 1. The van der Waals surface area contributed by atoms with E-state index in [0.29, 0.717) is 5.96 Å². The van der Waals surface area contributed by atoms with E-state index in [0.717, 1.165) is 0 Å². The van der Waals surface area contributed by atoms with Crippen LogP contribution in [-0.4, -0.2) is 49.9 Å². The van der Waals surface area contributed by atoms with Gasteiger partial charge in [0.15, 0.2) is 5.96 Å². The molecule has 5 nitrogen and oxygen atoms in total. The maximum Gasteiger partial charge on any atom is 0.202 e. The maximum atomic E-state index is 7.12. The van der Waals surface area contributed by atoms with Crippen LogP contribution in [-0.2, 0) is 0 Å². The molecule has 0 bridgehead atoms. The summed E-state index contributed by atoms with van der Waals surface area (Å²) in [5.74, 6) is 0.650. The lowest BCUT2D eigenvalue weighted by Crippen LogP contribution is -2.44. The minimum atomic E-state index is -0.0145. The summed E-state index contributed by atoms with van der Waals surface area (Å²) >= 11 is 0. The molecule has 0 unspecified atom stereocenters. The summed E-state index contributed by atoms with van der Waals surface area (Å²) in [7, 11) is 7.06. The summed E-state index contributed by atoms with van der Waals surface area (Å²) in [6.45, 7) is 0. The second-order valence-electron chi connectivity index (χ2n) is 2.36. The molecule has 0 aliphatic carbocycles. The minimum absolute atomic E-state index is 0.0145. The van der Waals surface area contributed by atoms with Crippen LogP contribution in [0, 0.1) is 5.41 Å². The lowest BCUT2D eigenvalue weighted by Gasteiger charge is -2.24. The van der Waals surface area contributed by atoms with Gasteiger partial charge >= 0.3 is 0 Å². The Morgan fingerprint density at radius 1 is 1.36 bits per heavy atom. The summed E-state index contributed by atoms with van der Waals surface area (Å²) in [6, 6.07) is 0. The van der Waals surface area contributed by atoms with Crippen LogP contribution < -0.4 is 5.73 Å². The predicted molar refractivity (Wildman–Crippen MR) is 46.7 cm³/mol. The summed E-state index contributed by atoms with van der Waals surface area (Å²) in [6.07, 6.45) is 0. The van der Waals surface area contributed by atoms with Gasteiger partial charge in [-0.25, -0.2) is 0 Å². The average molecular weight is 157 g/mol. The van der Waals surface area contributed by atoms with E-state index in [1.807, 2.05) is 14.1 Å². The summed E-state index contributed by atoms with van der Waals surface area (Å²) in [5.41, 5.74) is 5.25. The van der Waals surface area contributed by atoms with Gasteiger partial charge in [-0.1, -0.05) is 0 Å². The van der Waals surface area contributed by atoms with Gasteiger partial charge in [-0.15, -0.1) is 0 Å². The van der Waals surface area contributed by atoms with Gasteiger partial charge in [-0.3, -0.25) is 15.3 Å². The van der Waals surface area contributed by atoms with Crippen LogP contribution in [0.3, 0.4) is 0 Å². The third-order valence-corrected chi connectivity index (χ3v) is 1.26. The topological polar surface area (TPSA) is 68.7 Å². The van der Waals surface area contributed by atoms with Gasteiger partial charge < -0.3 is 10.6 Å². The lowest BCUT2D eigenvalue weighted by atomic mass is 10.6. The fourth-order valence-corrected chi connectivity index (χ4v) is 0.758. The molecule has 0 radical (unpaired) electrons. The van der Waals surface area contributed by atoms with Crippen molar-refractivity contribution in [2.75, 3.05) is 28.2 Å². The lowest BCUT2D eigenvalue weighted by molar-refractivity contribution is 0.527. The fourth-order valence-electron chi connectivity index (χ4n) is 0.758. The molecule has 0 aromatic carbocycles. The Morgan fingerprint density at radius 2 is 1.82 bits per heavy atom. The molecule has 5 heteroatoms. The van der Waals surface area contributed by atoms with E-state index in [2.05, 4.69) is 4.99 Å². The zero-order chi connectivity index (χ0) is 9.02. The normalized spacial score (nSPS) is 11.1.